The highest BCUT2D eigenvalue weighted by Crippen LogP contribution is 2.31. The Morgan fingerprint density at radius 1 is 0.492 bits per heavy atom. The third kappa shape index (κ3) is 43.2. The van der Waals surface area contributed by atoms with E-state index in [0.29, 0.717) is 26.0 Å². The summed E-state index contributed by atoms with van der Waals surface area (Å²) < 4.78 is 18.2. The maximum atomic E-state index is 13.4. The van der Waals surface area contributed by atoms with Gasteiger partial charge in [-0.2, -0.15) is 0 Å². The molecule has 1 unspecified atom stereocenters. The zero-order valence-electron chi connectivity index (χ0n) is 45.2. The first-order valence-electron chi connectivity index (χ1n) is 27.7. The number of carbonyl (C=O) groups excluding carboxylic acids is 3. The summed E-state index contributed by atoms with van der Waals surface area (Å²) in [5.41, 5.74) is -1.86. The van der Waals surface area contributed by atoms with Crippen LogP contribution in [0.2, 0.25) is 0 Å². The molecule has 0 aromatic carbocycles. The van der Waals surface area contributed by atoms with Gasteiger partial charge in [0.15, 0.2) is 0 Å². The Labute approximate surface area is 403 Å². The van der Waals surface area contributed by atoms with Crippen molar-refractivity contribution >= 4 is 17.9 Å². The molecular formula is C56H111N3O6. The largest absolute Gasteiger partial charge is 0.447 e. The Balaban J connectivity index is 4.83. The number of ether oxygens (including phenoxy) is 3. The standard InChI is InChI=1S/C56H111N3O6/c1-12-14-16-18-20-22-24-26-28-30-32-34-36-38-40-42-45-57-51(61)49(58-50(60)43-41-39-37-35-33-31-29-27-25-23-21-19-17-15-13-2)47-63-52(62)59-54(6,7)48-56(10,11)65-55(8,9)44-46-64-53(3,4)5/h49H,12-48H2,1-11H3,(H,57,61)(H,58,60)(H,59,62). The van der Waals surface area contributed by atoms with Crippen molar-refractivity contribution in [2.45, 2.75) is 323 Å². The maximum Gasteiger partial charge on any atom is 0.407 e. The Hall–Kier alpha value is -1.87. The minimum Gasteiger partial charge on any atom is -0.447 e. The lowest BCUT2D eigenvalue weighted by Crippen LogP contribution is -2.53. The third-order valence-corrected chi connectivity index (χ3v) is 12.5. The second-order valence-electron chi connectivity index (χ2n) is 22.5. The lowest BCUT2D eigenvalue weighted by atomic mass is 9.88. The predicted octanol–water partition coefficient (Wildman–Crippen LogP) is 15.8. The number of hydrogen-bond acceptors (Lipinski definition) is 6. The summed E-state index contributed by atoms with van der Waals surface area (Å²) in [5, 5.41) is 8.90. The molecule has 9 nitrogen and oxygen atoms in total. The first-order valence-corrected chi connectivity index (χ1v) is 27.7. The van der Waals surface area contributed by atoms with Gasteiger partial charge in [0.05, 0.1) is 16.8 Å². The SMILES string of the molecule is CCCCCCCCCCCCCCCCCCNC(=O)C(COC(=O)NC(C)(C)CC(C)(C)OC(C)(C)CCOC(C)(C)C)NC(=O)CCCCCCCCCCCCCCCCC. The van der Waals surface area contributed by atoms with E-state index in [2.05, 4.69) is 43.6 Å². The van der Waals surface area contributed by atoms with E-state index >= 15 is 0 Å². The topological polar surface area (TPSA) is 115 Å². The van der Waals surface area contributed by atoms with Crippen LogP contribution in [0.25, 0.3) is 0 Å². The van der Waals surface area contributed by atoms with Crippen molar-refractivity contribution in [1.82, 2.24) is 16.0 Å². The second kappa shape index (κ2) is 39.0. The van der Waals surface area contributed by atoms with E-state index in [1.807, 2.05) is 48.5 Å². The molecule has 3 amide bonds. The van der Waals surface area contributed by atoms with Gasteiger partial charge in [0, 0.05) is 25.1 Å². The number of amides is 3. The molecule has 0 saturated heterocycles. The van der Waals surface area contributed by atoms with E-state index in [4.69, 9.17) is 14.2 Å². The monoisotopic (exact) mass is 922 g/mol. The van der Waals surface area contributed by atoms with Gasteiger partial charge in [-0.25, -0.2) is 4.79 Å². The smallest absolute Gasteiger partial charge is 0.407 e. The van der Waals surface area contributed by atoms with Crippen LogP contribution in [0.4, 0.5) is 4.79 Å². The number of hydrogen-bond donors (Lipinski definition) is 3. The highest BCUT2D eigenvalue weighted by atomic mass is 16.6. The molecule has 9 heteroatoms. The molecule has 0 bridgehead atoms. The molecule has 0 fully saturated rings. The van der Waals surface area contributed by atoms with Crippen LogP contribution >= 0.6 is 0 Å². The van der Waals surface area contributed by atoms with Crippen LogP contribution in [0.1, 0.15) is 294 Å². The van der Waals surface area contributed by atoms with Crippen LogP contribution in [0.15, 0.2) is 0 Å². The van der Waals surface area contributed by atoms with E-state index in [1.165, 1.54) is 161 Å². The molecule has 0 aliphatic carbocycles. The minimum atomic E-state index is -0.954. The molecule has 0 spiro atoms. The van der Waals surface area contributed by atoms with Gasteiger partial charge in [-0.3, -0.25) is 9.59 Å². The van der Waals surface area contributed by atoms with Crippen LogP contribution in [-0.4, -0.2) is 66.1 Å². The fourth-order valence-electron chi connectivity index (χ4n) is 9.13. The average Bonchev–Trinajstić information content (AvgIpc) is 3.20. The van der Waals surface area contributed by atoms with Gasteiger partial charge in [0.25, 0.3) is 0 Å². The zero-order valence-corrected chi connectivity index (χ0v) is 45.2. The zero-order chi connectivity index (χ0) is 48.7. The molecule has 0 heterocycles. The van der Waals surface area contributed by atoms with E-state index in [9.17, 15) is 14.4 Å². The van der Waals surface area contributed by atoms with E-state index in [1.54, 1.807) is 0 Å². The second-order valence-corrected chi connectivity index (χ2v) is 22.5. The summed E-state index contributed by atoms with van der Waals surface area (Å²) >= 11 is 0. The van der Waals surface area contributed by atoms with Crippen molar-refractivity contribution in [1.29, 1.82) is 0 Å². The van der Waals surface area contributed by atoms with Crippen molar-refractivity contribution < 1.29 is 28.6 Å². The van der Waals surface area contributed by atoms with Crippen molar-refractivity contribution in [2.24, 2.45) is 0 Å². The van der Waals surface area contributed by atoms with E-state index in [0.717, 1.165) is 44.9 Å². The van der Waals surface area contributed by atoms with Crippen LogP contribution < -0.4 is 16.0 Å². The molecule has 386 valence electrons. The molecule has 1 atom stereocenters. The summed E-state index contributed by atoms with van der Waals surface area (Å²) in [7, 11) is 0. The Bertz CT molecular complexity index is 1150. The fraction of sp³-hybridized carbons (Fsp3) is 0.946. The van der Waals surface area contributed by atoms with Crippen molar-refractivity contribution in [3.63, 3.8) is 0 Å². The van der Waals surface area contributed by atoms with Gasteiger partial charge in [0.1, 0.15) is 12.6 Å². The van der Waals surface area contributed by atoms with E-state index in [-0.39, 0.29) is 24.0 Å². The van der Waals surface area contributed by atoms with Crippen molar-refractivity contribution in [3.05, 3.63) is 0 Å². The van der Waals surface area contributed by atoms with Crippen LogP contribution in [0, 0.1) is 0 Å². The molecule has 0 saturated carbocycles. The third-order valence-electron chi connectivity index (χ3n) is 12.5. The summed E-state index contributed by atoms with van der Waals surface area (Å²) in [6, 6.07) is -0.954. The van der Waals surface area contributed by atoms with Crippen LogP contribution in [-0.2, 0) is 23.8 Å². The highest BCUT2D eigenvalue weighted by Gasteiger charge is 2.36. The van der Waals surface area contributed by atoms with Gasteiger partial charge in [-0.1, -0.05) is 200 Å². The molecular weight excluding hydrogens is 811 g/mol. The fourth-order valence-corrected chi connectivity index (χ4v) is 9.13. The summed E-state index contributed by atoms with van der Waals surface area (Å²) in [4.78, 5) is 39.7. The van der Waals surface area contributed by atoms with Crippen molar-refractivity contribution in [3.8, 4) is 0 Å². The molecule has 0 aromatic rings. The Kier molecular flexibility index (Phi) is 37.9. The summed E-state index contributed by atoms with van der Waals surface area (Å²) in [5.74, 6) is -0.490. The summed E-state index contributed by atoms with van der Waals surface area (Å²) in [6.07, 6.45) is 40.7. The van der Waals surface area contributed by atoms with E-state index < -0.39 is 28.9 Å². The van der Waals surface area contributed by atoms with Crippen molar-refractivity contribution in [2.75, 3.05) is 19.8 Å². The van der Waals surface area contributed by atoms with Gasteiger partial charge >= 0.3 is 6.09 Å². The quantitative estimate of drug-likeness (QED) is 0.0524. The van der Waals surface area contributed by atoms with Gasteiger partial charge in [0.2, 0.25) is 11.8 Å². The molecule has 0 aromatic heterocycles. The first kappa shape index (κ1) is 63.1. The normalized spacial score (nSPS) is 12.9. The number of rotatable bonds is 45. The van der Waals surface area contributed by atoms with Crippen LogP contribution in [0.5, 0.6) is 0 Å². The highest BCUT2D eigenvalue weighted by molar-refractivity contribution is 5.88. The van der Waals surface area contributed by atoms with Gasteiger partial charge in [-0.15, -0.1) is 0 Å². The lowest BCUT2D eigenvalue weighted by molar-refractivity contribution is -0.147. The number of carbonyl (C=O) groups is 3. The molecule has 0 radical (unpaired) electrons. The van der Waals surface area contributed by atoms with Crippen LogP contribution in [0.3, 0.4) is 0 Å². The first-order chi connectivity index (χ1) is 30.8. The summed E-state index contributed by atoms with van der Waals surface area (Å²) in [6.45, 7) is 23.6. The molecule has 0 rings (SSSR count). The number of alkyl carbamates (subject to hydrolysis) is 1. The predicted molar refractivity (Wildman–Crippen MR) is 277 cm³/mol. The lowest BCUT2D eigenvalue weighted by Gasteiger charge is -2.41. The molecule has 3 N–H and O–H groups in total. The average molecular weight is 923 g/mol. The molecule has 65 heavy (non-hydrogen) atoms. The Morgan fingerprint density at radius 3 is 1.28 bits per heavy atom. The number of nitrogens with one attached hydrogen (secondary N) is 3. The Morgan fingerprint density at radius 2 is 0.877 bits per heavy atom. The molecule has 0 aliphatic heterocycles. The molecule has 0 aliphatic rings. The minimum absolute atomic E-state index is 0.180. The maximum absolute atomic E-state index is 13.4. The van der Waals surface area contributed by atoms with Gasteiger partial charge < -0.3 is 30.2 Å². The van der Waals surface area contributed by atoms with Gasteiger partial charge in [-0.05, 0) is 88.0 Å². The number of unbranched alkanes of at least 4 members (excludes halogenated alkanes) is 29.